The molecule has 34 heavy (non-hydrogen) atoms. The summed E-state index contributed by atoms with van der Waals surface area (Å²) in [6.07, 6.45) is 2.26. The molecule has 6 nitrogen and oxygen atoms in total. The van der Waals surface area contributed by atoms with Gasteiger partial charge in [0.1, 0.15) is 29.8 Å². The first-order chi connectivity index (χ1) is 16.4. The molecule has 2 aromatic carbocycles. The molecule has 0 saturated heterocycles. The molecule has 5 rings (SSSR count). The van der Waals surface area contributed by atoms with E-state index in [2.05, 4.69) is 15.6 Å². The largest absolute Gasteiger partial charge is 0.485 e. The summed E-state index contributed by atoms with van der Waals surface area (Å²) < 4.78 is 49.0. The maximum absolute atomic E-state index is 14.0. The van der Waals surface area contributed by atoms with Crippen molar-refractivity contribution in [2.45, 2.75) is 26.0 Å². The van der Waals surface area contributed by atoms with Crippen LogP contribution in [-0.2, 0) is 6.61 Å². The van der Waals surface area contributed by atoms with E-state index in [1.807, 2.05) is 0 Å². The van der Waals surface area contributed by atoms with Gasteiger partial charge >= 0.3 is 0 Å². The van der Waals surface area contributed by atoms with Crippen molar-refractivity contribution in [1.82, 2.24) is 14.7 Å². The van der Waals surface area contributed by atoms with Crippen LogP contribution in [0.1, 0.15) is 39.8 Å². The second-order valence-corrected chi connectivity index (χ2v) is 8.07. The molecule has 2 aromatic heterocycles. The third-order valence-corrected chi connectivity index (χ3v) is 5.88. The molecule has 0 fully saturated rings. The fourth-order valence-corrected chi connectivity index (χ4v) is 4.23. The van der Waals surface area contributed by atoms with Gasteiger partial charge in [-0.1, -0.05) is 6.07 Å². The zero-order valence-electron chi connectivity index (χ0n) is 18.2. The van der Waals surface area contributed by atoms with Gasteiger partial charge in [0.15, 0.2) is 11.4 Å². The average Bonchev–Trinajstić information content (AvgIpc) is 3.15. The predicted molar refractivity (Wildman–Crippen MR) is 120 cm³/mol. The topological polar surface area (TPSA) is 67.7 Å². The number of nitrogens with one attached hydrogen (secondary N) is 2. The molecule has 9 heteroatoms. The number of hydrogen-bond acceptors (Lipinski definition) is 4. The van der Waals surface area contributed by atoms with E-state index in [4.69, 9.17) is 4.74 Å². The van der Waals surface area contributed by atoms with Crippen molar-refractivity contribution in [3.05, 3.63) is 94.7 Å². The van der Waals surface area contributed by atoms with Crippen LogP contribution in [0.15, 0.2) is 54.7 Å². The number of fused-ring (bicyclic) bond motifs is 2. The molecule has 1 aliphatic rings. The SMILES string of the molecule is Cc1nc2c(OCc3c(F)cccc3F)cccn2c1C(=O)NC1CCNc2ccc(F)cc21. The van der Waals surface area contributed by atoms with Crippen LogP contribution in [0, 0.1) is 24.4 Å². The lowest BCUT2D eigenvalue weighted by molar-refractivity contribution is 0.0928. The van der Waals surface area contributed by atoms with Crippen LogP contribution >= 0.6 is 0 Å². The molecule has 2 N–H and O–H groups in total. The smallest absolute Gasteiger partial charge is 0.270 e. The lowest BCUT2D eigenvalue weighted by Gasteiger charge is -2.27. The van der Waals surface area contributed by atoms with Crippen LogP contribution in [0.25, 0.3) is 5.65 Å². The summed E-state index contributed by atoms with van der Waals surface area (Å²) in [4.78, 5) is 17.7. The summed E-state index contributed by atoms with van der Waals surface area (Å²) in [5.41, 5.74) is 2.38. The number of benzene rings is 2. The van der Waals surface area contributed by atoms with Gasteiger partial charge < -0.3 is 15.4 Å². The molecule has 0 radical (unpaired) electrons. The Kier molecular flexibility index (Phi) is 5.61. The molecule has 174 valence electrons. The van der Waals surface area contributed by atoms with Crippen molar-refractivity contribution < 1.29 is 22.7 Å². The zero-order chi connectivity index (χ0) is 23.8. The minimum atomic E-state index is -0.703. The number of carbonyl (C=O) groups is 1. The molecule has 1 aliphatic heterocycles. The molecule has 4 aromatic rings. The van der Waals surface area contributed by atoms with E-state index in [1.165, 1.54) is 18.2 Å². The van der Waals surface area contributed by atoms with E-state index in [0.717, 1.165) is 17.8 Å². The van der Waals surface area contributed by atoms with Crippen LogP contribution in [0.5, 0.6) is 5.75 Å². The van der Waals surface area contributed by atoms with Gasteiger partial charge in [0, 0.05) is 24.0 Å². The van der Waals surface area contributed by atoms with Crippen LogP contribution in [0.2, 0.25) is 0 Å². The standard InChI is InChI=1S/C25H21F3N4O2/c1-14-23(25(33)31-21-9-10-29-20-8-7-15(26)12-16(20)21)32-11-3-6-22(24(32)30-14)34-13-17-18(27)4-2-5-19(17)28/h2-8,11-12,21,29H,9-10,13H2,1H3,(H,31,33). The number of amides is 1. The summed E-state index contributed by atoms with van der Waals surface area (Å²) in [6, 6.07) is 11.0. The Hall–Kier alpha value is -4.01. The van der Waals surface area contributed by atoms with Crippen molar-refractivity contribution >= 4 is 17.2 Å². The van der Waals surface area contributed by atoms with Crippen molar-refractivity contribution in [2.24, 2.45) is 0 Å². The Bertz CT molecular complexity index is 1380. The van der Waals surface area contributed by atoms with E-state index in [1.54, 1.807) is 35.7 Å². The number of pyridine rings is 1. The van der Waals surface area contributed by atoms with Crippen molar-refractivity contribution in [2.75, 3.05) is 11.9 Å². The highest BCUT2D eigenvalue weighted by atomic mass is 19.1. The number of hydrogen-bond donors (Lipinski definition) is 2. The van der Waals surface area contributed by atoms with Crippen LogP contribution in [0.4, 0.5) is 18.9 Å². The van der Waals surface area contributed by atoms with Crippen molar-refractivity contribution in [3.63, 3.8) is 0 Å². The summed E-state index contributed by atoms with van der Waals surface area (Å²) in [5.74, 6) is -1.87. The summed E-state index contributed by atoms with van der Waals surface area (Å²) in [5, 5.41) is 6.19. The van der Waals surface area contributed by atoms with Crippen LogP contribution in [0.3, 0.4) is 0 Å². The Balaban J connectivity index is 1.42. The first kappa shape index (κ1) is 21.8. The molecular formula is C25H21F3N4O2. The van der Waals surface area contributed by atoms with Gasteiger partial charge in [0.05, 0.1) is 17.3 Å². The molecule has 1 unspecified atom stereocenters. The van der Waals surface area contributed by atoms with Gasteiger partial charge in [0.25, 0.3) is 5.91 Å². The fourth-order valence-electron chi connectivity index (χ4n) is 4.23. The molecule has 1 amide bonds. The summed E-state index contributed by atoms with van der Waals surface area (Å²) in [7, 11) is 0. The van der Waals surface area contributed by atoms with E-state index in [-0.39, 0.29) is 35.7 Å². The number of nitrogens with zero attached hydrogens (tertiary/aromatic N) is 2. The number of carbonyl (C=O) groups excluding carboxylic acids is 1. The van der Waals surface area contributed by atoms with E-state index in [0.29, 0.717) is 35.6 Å². The summed E-state index contributed by atoms with van der Waals surface area (Å²) >= 11 is 0. The van der Waals surface area contributed by atoms with Crippen molar-refractivity contribution in [1.29, 1.82) is 0 Å². The molecule has 0 bridgehead atoms. The van der Waals surface area contributed by atoms with Gasteiger partial charge in [-0.3, -0.25) is 9.20 Å². The lowest BCUT2D eigenvalue weighted by atomic mass is 9.97. The molecule has 0 aliphatic carbocycles. The summed E-state index contributed by atoms with van der Waals surface area (Å²) in [6.45, 7) is 2.00. The molecular weight excluding hydrogens is 445 g/mol. The Labute approximate surface area is 193 Å². The number of rotatable bonds is 5. The quantitative estimate of drug-likeness (QED) is 0.438. The minimum Gasteiger partial charge on any atom is -0.485 e. The van der Waals surface area contributed by atoms with Crippen LogP contribution in [-0.4, -0.2) is 21.8 Å². The van der Waals surface area contributed by atoms with Gasteiger partial charge in [-0.25, -0.2) is 18.2 Å². The highest BCUT2D eigenvalue weighted by Crippen LogP contribution is 2.31. The highest BCUT2D eigenvalue weighted by molar-refractivity contribution is 5.95. The molecule has 0 spiro atoms. The zero-order valence-corrected chi connectivity index (χ0v) is 18.2. The van der Waals surface area contributed by atoms with Crippen LogP contribution < -0.4 is 15.4 Å². The second-order valence-electron chi connectivity index (χ2n) is 8.07. The van der Waals surface area contributed by atoms with E-state index < -0.39 is 11.6 Å². The first-order valence-corrected chi connectivity index (χ1v) is 10.8. The maximum atomic E-state index is 14.0. The fraction of sp³-hybridized carbons (Fsp3) is 0.200. The van der Waals surface area contributed by atoms with Gasteiger partial charge in [-0.2, -0.15) is 0 Å². The normalized spacial score (nSPS) is 15.0. The molecule has 0 saturated carbocycles. The number of ether oxygens (including phenoxy) is 1. The Morgan fingerprint density at radius 1 is 1.18 bits per heavy atom. The number of aryl methyl sites for hydroxylation is 1. The minimum absolute atomic E-state index is 0.192. The predicted octanol–water partition coefficient (Wildman–Crippen LogP) is 4.93. The van der Waals surface area contributed by atoms with Gasteiger partial charge in [-0.15, -0.1) is 0 Å². The highest BCUT2D eigenvalue weighted by Gasteiger charge is 2.26. The number of halogens is 3. The van der Waals surface area contributed by atoms with Gasteiger partial charge in [-0.05, 0) is 55.8 Å². The third kappa shape index (κ3) is 3.93. The Morgan fingerprint density at radius 2 is 1.97 bits per heavy atom. The molecule has 3 heterocycles. The monoisotopic (exact) mass is 466 g/mol. The average molecular weight is 466 g/mol. The third-order valence-electron chi connectivity index (χ3n) is 5.88. The van der Waals surface area contributed by atoms with E-state index >= 15 is 0 Å². The molecule has 1 atom stereocenters. The van der Waals surface area contributed by atoms with Gasteiger partial charge in [0.2, 0.25) is 0 Å². The lowest BCUT2D eigenvalue weighted by Crippen LogP contribution is -2.34. The maximum Gasteiger partial charge on any atom is 0.270 e. The van der Waals surface area contributed by atoms with Crippen molar-refractivity contribution in [3.8, 4) is 5.75 Å². The van der Waals surface area contributed by atoms with E-state index in [9.17, 15) is 18.0 Å². The number of anilines is 1. The first-order valence-electron chi connectivity index (χ1n) is 10.8. The Morgan fingerprint density at radius 3 is 2.76 bits per heavy atom. The number of imidazole rings is 1. The number of aromatic nitrogens is 2. The second kappa shape index (κ2) is 8.74.